The summed E-state index contributed by atoms with van der Waals surface area (Å²) in [4.78, 5) is 32.6. The number of nitrogens with zero attached hydrogens (tertiary/aromatic N) is 4. The van der Waals surface area contributed by atoms with Gasteiger partial charge in [-0.25, -0.2) is 4.98 Å². The van der Waals surface area contributed by atoms with Crippen molar-refractivity contribution in [1.82, 2.24) is 30.0 Å². The molecule has 4 aromatic rings. The maximum Gasteiger partial charge on any atom is 0.258 e. The Labute approximate surface area is 201 Å². The largest absolute Gasteiger partial charge is 0.342 e. The monoisotopic (exact) mass is 474 g/mol. The third-order valence-electron chi connectivity index (χ3n) is 5.32. The number of carbonyl (C=O) groups is 1. The maximum atomic E-state index is 12.8. The molecule has 8 nitrogen and oxygen atoms in total. The number of thioether (sulfide) groups is 1. The lowest BCUT2D eigenvalue weighted by Crippen LogP contribution is -2.33. The molecule has 0 aliphatic carbocycles. The molecule has 0 bridgehead atoms. The molecule has 9 heteroatoms. The van der Waals surface area contributed by atoms with E-state index < -0.39 is 0 Å². The van der Waals surface area contributed by atoms with E-state index in [-0.39, 0.29) is 23.4 Å². The summed E-state index contributed by atoms with van der Waals surface area (Å²) in [6.45, 7) is 8.40. The summed E-state index contributed by atoms with van der Waals surface area (Å²) in [5.74, 6) is 1.54. The fourth-order valence-electron chi connectivity index (χ4n) is 3.62. The number of aromatic amines is 1. The first kappa shape index (κ1) is 23.4. The van der Waals surface area contributed by atoms with Crippen LogP contribution in [0.1, 0.15) is 41.9 Å². The molecule has 0 saturated heterocycles. The molecule has 34 heavy (non-hydrogen) atoms. The number of benzene rings is 2. The summed E-state index contributed by atoms with van der Waals surface area (Å²) in [6, 6.07) is 16.0. The Morgan fingerprint density at radius 3 is 2.62 bits per heavy atom. The smallest absolute Gasteiger partial charge is 0.258 e. The van der Waals surface area contributed by atoms with Crippen LogP contribution < -0.4 is 10.9 Å². The predicted octanol–water partition coefficient (Wildman–Crippen LogP) is 4.12. The molecule has 2 N–H and O–H groups in total. The second kappa shape index (κ2) is 10.5. The number of aromatic nitrogens is 5. The van der Waals surface area contributed by atoms with Crippen LogP contribution >= 0.6 is 11.8 Å². The van der Waals surface area contributed by atoms with Gasteiger partial charge in [0, 0.05) is 12.1 Å². The number of allylic oxidation sites excluding steroid dienone is 1. The van der Waals surface area contributed by atoms with Gasteiger partial charge in [-0.3, -0.25) is 9.59 Å². The second-order valence-corrected chi connectivity index (χ2v) is 9.06. The third-order valence-corrected chi connectivity index (χ3v) is 6.30. The highest BCUT2D eigenvalue weighted by atomic mass is 32.2. The van der Waals surface area contributed by atoms with Crippen LogP contribution in [0.5, 0.6) is 0 Å². The molecule has 2 aromatic heterocycles. The van der Waals surface area contributed by atoms with Gasteiger partial charge in [0.2, 0.25) is 0 Å². The molecule has 0 radical (unpaired) electrons. The quantitative estimate of drug-likeness (QED) is 0.279. The molecular formula is C25H26N6O2S. The Bertz CT molecular complexity index is 1360. The predicted molar refractivity (Wildman–Crippen MR) is 134 cm³/mol. The van der Waals surface area contributed by atoms with E-state index in [9.17, 15) is 9.59 Å². The molecule has 1 unspecified atom stereocenters. The molecule has 0 saturated carbocycles. The van der Waals surface area contributed by atoms with E-state index in [0.29, 0.717) is 45.6 Å². The molecule has 0 aliphatic heterocycles. The molecule has 1 amide bonds. The lowest BCUT2D eigenvalue weighted by atomic mass is 10.0. The second-order valence-electron chi connectivity index (χ2n) is 8.12. The normalized spacial score (nSPS) is 12.1. The van der Waals surface area contributed by atoms with Crippen molar-refractivity contribution in [3.63, 3.8) is 0 Å². The first-order valence-corrected chi connectivity index (χ1v) is 12.0. The van der Waals surface area contributed by atoms with Crippen LogP contribution in [-0.2, 0) is 12.3 Å². The van der Waals surface area contributed by atoms with E-state index in [1.54, 1.807) is 24.3 Å². The summed E-state index contributed by atoms with van der Waals surface area (Å²) >= 11 is 1.42. The van der Waals surface area contributed by atoms with E-state index in [1.807, 2.05) is 54.8 Å². The first-order valence-electron chi connectivity index (χ1n) is 11.0. The fraction of sp³-hybridized carbons (Fsp3) is 0.240. The number of hydrogen-bond donors (Lipinski definition) is 2. The molecular weight excluding hydrogens is 448 g/mol. The lowest BCUT2D eigenvalue weighted by Gasteiger charge is -2.22. The molecule has 174 valence electrons. The van der Waals surface area contributed by atoms with Crippen molar-refractivity contribution < 1.29 is 4.79 Å². The molecule has 0 fully saturated rings. The minimum Gasteiger partial charge on any atom is -0.342 e. The number of hydrogen-bond acceptors (Lipinski definition) is 6. The van der Waals surface area contributed by atoms with E-state index in [4.69, 9.17) is 0 Å². The summed E-state index contributed by atoms with van der Waals surface area (Å²) < 4.78 is 1.94. The van der Waals surface area contributed by atoms with Gasteiger partial charge in [0.05, 0.1) is 22.7 Å². The van der Waals surface area contributed by atoms with Gasteiger partial charge in [-0.1, -0.05) is 62.0 Å². The topological polar surface area (TPSA) is 106 Å². The van der Waals surface area contributed by atoms with Crippen LogP contribution in [0.15, 0.2) is 77.2 Å². The standard InChI is InChI=1S/C25H26N6O2S/c1-4-14-31-22(21(16(2)3)28-23(32)17-10-6-5-7-11-17)29-30-25(31)34-15-20-26-19-13-9-8-12-18(19)24(33)27-20/h4-13,16,21H,1,14-15H2,2-3H3,(H,28,32)(H,26,27,33). The summed E-state index contributed by atoms with van der Waals surface area (Å²) in [5, 5.41) is 13.1. The average Bonchev–Trinajstić information content (AvgIpc) is 3.23. The zero-order valence-corrected chi connectivity index (χ0v) is 19.9. The van der Waals surface area contributed by atoms with E-state index >= 15 is 0 Å². The van der Waals surface area contributed by atoms with Crippen LogP contribution in [0.4, 0.5) is 0 Å². The number of para-hydroxylation sites is 1. The Kier molecular flexibility index (Phi) is 7.22. The fourth-order valence-corrected chi connectivity index (χ4v) is 4.44. The Morgan fingerprint density at radius 2 is 1.88 bits per heavy atom. The van der Waals surface area contributed by atoms with Crippen molar-refractivity contribution >= 4 is 28.6 Å². The van der Waals surface area contributed by atoms with Gasteiger partial charge in [0.15, 0.2) is 11.0 Å². The highest BCUT2D eigenvalue weighted by Crippen LogP contribution is 2.27. The Balaban J connectivity index is 1.58. The molecule has 2 aromatic carbocycles. The van der Waals surface area contributed by atoms with Crippen molar-refractivity contribution in [1.29, 1.82) is 0 Å². The van der Waals surface area contributed by atoms with E-state index in [2.05, 4.69) is 32.1 Å². The zero-order chi connectivity index (χ0) is 24.1. The van der Waals surface area contributed by atoms with Gasteiger partial charge in [0.25, 0.3) is 11.5 Å². The Morgan fingerprint density at radius 1 is 1.15 bits per heavy atom. The zero-order valence-electron chi connectivity index (χ0n) is 19.1. The summed E-state index contributed by atoms with van der Waals surface area (Å²) in [7, 11) is 0. The first-order chi connectivity index (χ1) is 16.5. The molecule has 0 aliphatic rings. The molecule has 4 rings (SSSR count). The Hall–Kier alpha value is -3.72. The van der Waals surface area contributed by atoms with Gasteiger partial charge in [0.1, 0.15) is 5.82 Å². The number of carbonyl (C=O) groups excluding carboxylic acids is 1. The number of H-pyrrole nitrogens is 1. The van der Waals surface area contributed by atoms with E-state index in [0.717, 1.165) is 0 Å². The van der Waals surface area contributed by atoms with Gasteiger partial charge in [-0.2, -0.15) is 0 Å². The molecule has 1 atom stereocenters. The minimum absolute atomic E-state index is 0.0804. The van der Waals surface area contributed by atoms with E-state index in [1.165, 1.54) is 11.8 Å². The molecule has 2 heterocycles. The average molecular weight is 475 g/mol. The van der Waals surface area contributed by atoms with Crippen LogP contribution in [0, 0.1) is 5.92 Å². The van der Waals surface area contributed by atoms with Gasteiger partial charge in [-0.05, 0) is 30.2 Å². The molecule has 0 spiro atoms. The van der Waals surface area contributed by atoms with Crippen molar-refractivity contribution in [2.45, 2.75) is 37.3 Å². The summed E-state index contributed by atoms with van der Waals surface area (Å²) in [6.07, 6.45) is 1.77. The van der Waals surface area contributed by atoms with Crippen molar-refractivity contribution in [2.75, 3.05) is 0 Å². The van der Waals surface area contributed by atoms with Gasteiger partial charge < -0.3 is 14.9 Å². The number of amides is 1. The van der Waals surface area contributed by atoms with Crippen LogP contribution in [-0.4, -0.2) is 30.6 Å². The summed E-state index contributed by atoms with van der Waals surface area (Å²) in [5.41, 5.74) is 1.07. The van der Waals surface area contributed by atoms with Crippen molar-refractivity contribution in [3.05, 3.63) is 94.8 Å². The lowest BCUT2D eigenvalue weighted by molar-refractivity contribution is 0.0922. The minimum atomic E-state index is -0.340. The van der Waals surface area contributed by atoms with Crippen molar-refractivity contribution in [2.24, 2.45) is 5.92 Å². The van der Waals surface area contributed by atoms with Crippen LogP contribution in [0.3, 0.4) is 0 Å². The SMILES string of the molecule is C=CCn1c(SCc2nc3ccccc3c(=O)[nH]2)nnc1C(NC(=O)c1ccccc1)C(C)C. The van der Waals surface area contributed by atoms with Crippen molar-refractivity contribution in [3.8, 4) is 0 Å². The number of rotatable bonds is 9. The number of nitrogens with one attached hydrogen (secondary N) is 2. The number of fused-ring (bicyclic) bond motifs is 1. The maximum absolute atomic E-state index is 12.8. The highest BCUT2D eigenvalue weighted by molar-refractivity contribution is 7.98. The highest BCUT2D eigenvalue weighted by Gasteiger charge is 2.26. The van der Waals surface area contributed by atoms with Crippen LogP contribution in [0.2, 0.25) is 0 Å². The van der Waals surface area contributed by atoms with Gasteiger partial charge in [-0.15, -0.1) is 16.8 Å². The van der Waals surface area contributed by atoms with Crippen LogP contribution in [0.25, 0.3) is 10.9 Å². The third kappa shape index (κ3) is 5.09. The van der Waals surface area contributed by atoms with Gasteiger partial charge >= 0.3 is 0 Å².